The van der Waals surface area contributed by atoms with Crippen molar-refractivity contribution in [3.8, 4) is 5.88 Å². The second kappa shape index (κ2) is 2.93. The number of hydrogen-bond donors (Lipinski definition) is 2. The molecule has 1 aromatic rings. The maximum atomic E-state index is 5.84. The first-order valence-electron chi connectivity index (χ1n) is 3.93. The number of aromatic nitrogens is 2. The minimum atomic E-state index is 0.425. The number of nitrogens with zero attached hydrogens (tertiary/aromatic N) is 2. The number of nitrogens with two attached hydrogens (primary N) is 1. The van der Waals surface area contributed by atoms with Gasteiger partial charge < -0.3 is 15.8 Å². The average Bonchev–Trinajstić information content (AvgIpc) is 2.19. The van der Waals surface area contributed by atoms with Crippen LogP contribution in [0.2, 0.25) is 0 Å². The molecule has 13 heavy (non-hydrogen) atoms. The number of fused-ring (bicyclic) bond motifs is 1. The van der Waals surface area contributed by atoms with Gasteiger partial charge >= 0.3 is 0 Å². The molecule has 2 heterocycles. The maximum absolute atomic E-state index is 5.84. The van der Waals surface area contributed by atoms with Crippen LogP contribution >= 0.6 is 0 Å². The smallest absolute Gasteiger partial charge is 0.242 e. The Morgan fingerprint density at radius 2 is 2.23 bits per heavy atom. The van der Waals surface area contributed by atoms with Gasteiger partial charge in [0.05, 0.1) is 11.4 Å². The van der Waals surface area contributed by atoms with Gasteiger partial charge in [0.2, 0.25) is 5.88 Å². The highest BCUT2D eigenvalue weighted by atomic mass is 16.5. The van der Waals surface area contributed by atoms with Crippen LogP contribution in [0.4, 0.5) is 0 Å². The molecule has 0 aromatic carbocycles. The number of likely N-dealkylation sites (N-methyl/N-ethyl adjacent to an activating group) is 1. The van der Waals surface area contributed by atoms with Crippen molar-refractivity contribution >= 4 is 5.70 Å². The minimum Gasteiger partial charge on any atom is -0.470 e. The number of rotatable bonds is 1. The molecule has 0 spiro atoms. The lowest BCUT2D eigenvalue weighted by atomic mass is 10.2. The Morgan fingerprint density at radius 3 is 3.00 bits per heavy atom. The molecule has 0 bridgehead atoms. The van der Waals surface area contributed by atoms with E-state index in [2.05, 4.69) is 15.3 Å². The van der Waals surface area contributed by atoms with Gasteiger partial charge in [-0.1, -0.05) is 0 Å². The summed E-state index contributed by atoms with van der Waals surface area (Å²) >= 11 is 0. The van der Waals surface area contributed by atoms with Crippen LogP contribution in [0.5, 0.6) is 5.88 Å². The van der Waals surface area contributed by atoms with Gasteiger partial charge in [0.1, 0.15) is 12.3 Å². The zero-order valence-electron chi connectivity index (χ0n) is 7.24. The van der Waals surface area contributed by atoms with Crippen LogP contribution in [0, 0.1) is 0 Å². The fraction of sp³-hybridized carbons (Fsp3) is 0.250. The third kappa shape index (κ3) is 1.18. The van der Waals surface area contributed by atoms with E-state index in [1.54, 1.807) is 19.4 Å². The Balaban J connectivity index is 2.52. The lowest BCUT2D eigenvalue weighted by Gasteiger charge is -2.18. The Morgan fingerprint density at radius 1 is 1.46 bits per heavy atom. The van der Waals surface area contributed by atoms with Crippen molar-refractivity contribution in [3.05, 3.63) is 23.8 Å². The average molecular weight is 178 g/mol. The molecular formula is C8H10N4O. The van der Waals surface area contributed by atoms with Crippen LogP contribution in [-0.2, 0) is 0 Å². The van der Waals surface area contributed by atoms with E-state index >= 15 is 0 Å². The normalized spacial score (nSPS) is 14.8. The minimum absolute atomic E-state index is 0.425. The van der Waals surface area contributed by atoms with Crippen molar-refractivity contribution in [1.82, 2.24) is 15.3 Å². The molecular weight excluding hydrogens is 168 g/mol. The van der Waals surface area contributed by atoms with Crippen molar-refractivity contribution in [2.24, 2.45) is 5.73 Å². The number of nitrogens with one attached hydrogen (secondary N) is 1. The highest BCUT2D eigenvalue weighted by molar-refractivity contribution is 5.67. The van der Waals surface area contributed by atoms with E-state index in [1.807, 2.05) is 0 Å². The molecule has 1 aromatic heterocycles. The van der Waals surface area contributed by atoms with Crippen molar-refractivity contribution in [3.63, 3.8) is 0 Å². The van der Waals surface area contributed by atoms with E-state index in [1.165, 1.54) is 0 Å². The molecule has 1 aliphatic heterocycles. The molecule has 0 saturated carbocycles. The van der Waals surface area contributed by atoms with E-state index in [0.717, 1.165) is 5.70 Å². The van der Waals surface area contributed by atoms with Gasteiger partial charge in [-0.3, -0.25) is 0 Å². The summed E-state index contributed by atoms with van der Waals surface area (Å²) in [7, 11) is 1.80. The number of hydrogen-bond acceptors (Lipinski definition) is 5. The molecule has 3 N–H and O–H groups in total. The van der Waals surface area contributed by atoms with Gasteiger partial charge in [0.15, 0.2) is 0 Å². The molecule has 0 amide bonds. The second-order valence-electron chi connectivity index (χ2n) is 2.64. The summed E-state index contributed by atoms with van der Waals surface area (Å²) in [6, 6.07) is 0. The van der Waals surface area contributed by atoms with E-state index in [-0.39, 0.29) is 0 Å². The van der Waals surface area contributed by atoms with Gasteiger partial charge in [0.25, 0.3) is 0 Å². The Bertz CT molecular complexity index is 361. The highest BCUT2D eigenvalue weighted by Crippen LogP contribution is 2.23. The molecule has 5 nitrogen and oxygen atoms in total. The van der Waals surface area contributed by atoms with E-state index < -0.39 is 0 Å². The zero-order valence-corrected chi connectivity index (χ0v) is 7.24. The van der Waals surface area contributed by atoms with Crippen LogP contribution < -0.4 is 15.8 Å². The van der Waals surface area contributed by atoms with Crippen LogP contribution in [0.1, 0.15) is 5.69 Å². The predicted octanol–water partition coefficient (Wildman–Crippen LogP) is -0.284. The molecule has 0 unspecified atom stereocenters. The SMILES string of the molecule is CNC1=C(N)c2nccnc2OC1. The quantitative estimate of drug-likeness (QED) is 0.618. The Hall–Kier alpha value is -1.78. The molecule has 68 valence electrons. The van der Waals surface area contributed by atoms with E-state index in [9.17, 15) is 0 Å². The first kappa shape index (κ1) is 7.85. The zero-order chi connectivity index (χ0) is 9.26. The van der Waals surface area contributed by atoms with Gasteiger partial charge in [-0.25, -0.2) is 9.97 Å². The second-order valence-corrected chi connectivity index (χ2v) is 2.64. The topological polar surface area (TPSA) is 73.1 Å². The molecule has 0 saturated heterocycles. The first-order valence-corrected chi connectivity index (χ1v) is 3.93. The molecule has 5 heteroatoms. The molecule has 0 aliphatic carbocycles. The summed E-state index contributed by atoms with van der Waals surface area (Å²) in [5.74, 6) is 0.499. The van der Waals surface area contributed by atoms with Gasteiger partial charge in [-0.2, -0.15) is 0 Å². The van der Waals surface area contributed by atoms with Gasteiger partial charge in [-0.05, 0) is 0 Å². The third-order valence-corrected chi connectivity index (χ3v) is 1.90. The van der Waals surface area contributed by atoms with Gasteiger partial charge in [-0.15, -0.1) is 0 Å². The Labute approximate surface area is 75.6 Å². The monoisotopic (exact) mass is 178 g/mol. The standard InChI is InChI=1S/C8H10N4O/c1-10-5-4-13-8-7(6(5)9)11-2-3-12-8/h2-3,10H,4,9H2,1H3. The predicted molar refractivity (Wildman–Crippen MR) is 47.7 cm³/mol. The molecule has 0 atom stereocenters. The van der Waals surface area contributed by atoms with Crippen molar-refractivity contribution < 1.29 is 4.74 Å². The fourth-order valence-corrected chi connectivity index (χ4v) is 1.18. The van der Waals surface area contributed by atoms with E-state index in [4.69, 9.17) is 10.5 Å². The van der Waals surface area contributed by atoms with Crippen LogP contribution in [0.15, 0.2) is 18.1 Å². The third-order valence-electron chi connectivity index (χ3n) is 1.90. The van der Waals surface area contributed by atoms with Crippen LogP contribution in [0.25, 0.3) is 5.70 Å². The molecule has 0 radical (unpaired) electrons. The maximum Gasteiger partial charge on any atom is 0.242 e. The summed E-state index contributed by atoms with van der Waals surface area (Å²) in [5, 5.41) is 2.96. The van der Waals surface area contributed by atoms with Crippen molar-refractivity contribution in [2.45, 2.75) is 0 Å². The summed E-state index contributed by atoms with van der Waals surface area (Å²) in [6.45, 7) is 0.425. The first-order chi connectivity index (χ1) is 6.33. The lowest BCUT2D eigenvalue weighted by molar-refractivity contribution is 0.322. The summed E-state index contributed by atoms with van der Waals surface area (Å²) in [5.41, 5.74) is 7.89. The molecule has 2 rings (SSSR count). The molecule has 0 fully saturated rings. The van der Waals surface area contributed by atoms with Crippen LogP contribution in [0.3, 0.4) is 0 Å². The van der Waals surface area contributed by atoms with Crippen molar-refractivity contribution in [2.75, 3.05) is 13.7 Å². The van der Waals surface area contributed by atoms with Gasteiger partial charge in [0, 0.05) is 19.4 Å². The molecule has 1 aliphatic rings. The van der Waals surface area contributed by atoms with Crippen molar-refractivity contribution in [1.29, 1.82) is 0 Å². The lowest BCUT2D eigenvalue weighted by Crippen LogP contribution is -2.24. The Kier molecular flexibility index (Phi) is 1.77. The largest absolute Gasteiger partial charge is 0.470 e. The summed E-state index contributed by atoms with van der Waals surface area (Å²) < 4.78 is 5.32. The van der Waals surface area contributed by atoms with E-state index in [0.29, 0.717) is 23.9 Å². The highest BCUT2D eigenvalue weighted by Gasteiger charge is 2.18. The number of ether oxygens (including phenoxy) is 1. The fourth-order valence-electron chi connectivity index (χ4n) is 1.18. The summed E-state index contributed by atoms with van der Waals surface area (Å²) in [4.78, 5) is 8.10. The van der Waals surface area contributed by atoms with Crippen LogP contribution in [-0.4, -0.2) is 23.6 Å². The summed E-state index contributed by atoms with van der Waals surface area (Å²) in [6.07, 6.45) is 3.17.